The number of phenolic OH excluding ortho intramolecular Hbond substituents is 1. The van der Waals surface area contributed by atoms with E-state index in [1.807, 2.05) is 0 Å². The number of esters is 1. The van der Waals surface area contributed by atoms with Gasteiger partial charge in [-0.1, -0.05) is 24.3 Å². The Kier molecular flexibility index (Phi) is 7.33. The smallest absolute Gasteiger partial charge is 0.416 e. The molecular formula is C24H28F3NO4. The van der Waals surface area contributed by atoms with Crippen LogP contribution in [0.4, 0.5) is 13.2 Å². The molecule has 0 aromatic heterocycles. The van der Waals surface area contributed by atoms with E-state index in [-0.39, 0.29) is 24.3 Å². The Hall–Kier alpha value is -2.74. The van der Waals surface area contributed by atoms with Crippen molar-refractivity contribution in [3.05, 3.63) is 59.2 Å². The summed E-state index contributed by atoms with van der Waals surface area (Å²) in [6, 6.07) is 10.4. The summed E-state index contributed by atoms with van der Waals surface area (Å²) in [4.78, 5) is 15.0. The van der Waals surface area contributed by atoms with Crippen LogP contribution in [-0.2, 0) is 28.7 Å². The van der Waals surface area contributed by atoms with Crippen LogP contribution in [0.5, 0.6) is 11.5 Å². The summed E-state index contributed by atoms with van der Waals surface area (Å²) in [6.45, 7) is 3.22. The molecule has 1 heterocycles. The van der Waals surface area contributed by atoms with Crippen LogP contribution in [-0.4, -0.2) is 42.8 Å². The molecule has 1 aliphatic rings. The first-order valence-electron chi connectivity index (χ1n) is 10.6. The van der Waals surface area contributed by atoms with E-state index in [9.17, 15) is 23.1 Å². The molecule has 2 aromatic rings. The molecule has 1 N–H and O–H groups in total. The van der Waals surface area contributed by atoms with E-state index in [0.29, 0.717) is 43.8 Å². The lowest BCUT2D eigenvalue weighted by atomic mass is 9.73. The van der Waals surface area contributed by atoms with Crippen LogP contribution in [0.25, 0.3) is 0 Å². The topological polar surface area (TPSA) is 59.0 Å². The Morgan fingerprint density at radius 3 is 2.44 bits per heavy atom. The highest BCUT2D eigenvalue weighted by molar-refractivity contribution is 5.77. The van der Waals surface area contributed by atoms with E-state index in [0.717, 1.165) is 6.07 Å². The Balaban J connectivity index is 1.82. The zero-order valence-electron chi connectivity index (χ0n) is 18.2. The third kappa shape index (κ3) is 5.18. The minimum Gasteiger partial charge on any atom is -0.507 e. The van der Waals surface area contributed by atoms with Crippen molar-refractivity contribution in [2.45, 2.75) is 38.9 Å². The summed E-state index contributed by atoms with van der Waals surface area (Å²) in [5, 5.41) is 10.2. The van der Waals surface area contributed by atoms with Crippen molar-refractivity contribution in [1.82, 2.24) is 4.90 Å². The van der Waals surface area contributed by atoms with E-state index in [1.165, 1.54) is 19.2 Å². The van der Waals surface area contributed by atoms with Gasteiger partial charge in [-0.3, -0.25) is 9.69 Å². The molecule has 2 aromatic carbocycles. The van der Waals surface area contributed by atoms with Crippen LogP contribution < -0.4 is 4.74 Å². The van der Waals surface area contributed by atoms with Gasteiger partial charge >= 0.3 is 12.1 Å². The molecule has 1 fully saturated rings. The lowest BCUT2D eigenvalue weighted by molar-refractivity contribution is -0.159. The molecule has 1 saturated heterocycles. The van der Waals surface area contributed by atoms with Gasteiger partial charge in [0.15, 0.2) is 0 Å². The maximum atomic E-state index is 13.5. The molecule has 174 valence electrons. The van der Waals surface area contributed by atoms with Gasteiger partial charge in [-0.25, -0.2) is 0 Å². The maximum absolute atomic E-state index is 13.5. The van der Waals surface area contributed by atoms with Crippen molar-refractivity contribution in [3.63, 3.8) is 0 Å². The number of nitrogens with zero attached hydrogens (tertiary/aromatic N) is 1. The molecule has 0 unspecified atom stereocenters. The molecule has 0 atom stereocenters. The van der Waals surface area contributed by atoms with E-state index in [4.69, 9.17) is 9.47 Å². The Morgan fingerprint density at radius 1 is 1.12 bits per heavy atom. The number of carbonyl (C=O) groups is 1. The number of aromatic hydroxyl groups is 1. The number of phenols is 1. The number of methoxy groups -OCH3 is 1. The Labute approximate surface area is 185 Å². The molecule has 0 saturated carbocycles. The van der Waals surface area contributed by atoms with Gasteiger partial charge in [0.25, 0.3) is 0 Å². The first-order valence-corrected chi connectivity index (χ1v) is 10.6. The van der Waals surface area contributed by atoms with Gasteiger partial charge in [0.2, 0.25) is 0 Å². The average Bonchev–Trinajstić information content (AvgIpc) is 2.76. The monoisotopic (exact) mass is 451 g/mol. The first kappa shape index (κ1) is 23.9. The fraction of sp³-hybridized carbons (Fsp3) is 0.458. The van der Waals surface area contributed by atoms with Gasteiger partial charge in [0, 0.05) is 12.1 Å². The fourth-order valence-corrected chi connectivity index (χ4v) is 4.32. The number of ether oxygens (including phenoxy) is 2. The van der Waals surface area contributed by atoms with E-state index < -0.39 is 23.1 Å². The van der Waals surface area contributed by atoms with Crippen molar-refractivity contribution in [2.75, 3.05) is 26.8 Å². The summed E-state index contributed by atoms with van der Waals surface area (Å²) >= 11 is 0. The van der Waals surface area contributed by atoms with E-state index >= 15 is 0 Å². The molecule has 0 amide bonds. The molecule has 3 rings (SSSR count). The number of piperidine rings is 1. The summed E-state index contributed by atoms with van der Waals surface area (Å²) in [7, 11) is 1.53. The largest absolute Gasteiger partial charge is 0.507 e. The summed E-state index contributed by atoms with van der Waals surface area (Å²) in [5.41, 5.74) is -1.01. The predicted molar refractivity (Wildman–Crippen MR) is 113 cm³/mol. The van der Waals surface area contributed by atoms with Crippen molar-refractivity contribution in [1.29, 1.82) is 0 Å². The molecule has 1 aliphatic heterocycles. The highest BCUT2D eigenvalue weighted by Crippen LogP contribution is 2.41. The summed E-state index contributed by atoms with van der Waals surface area (Å²) in [5.74, 6) is 0.216. The van der Waals surface area contributed by atoms with Crippen molar-refractivity contribution in [2.24, 2.45) is 5.41 Å². The predicted octanol–water partition coefficient (Wildman–Crippen LogP) is 4.81. The fourth-order valence-electron chi connectivity index (χ4n) is 4.32. The lowest BCUT2D eigenvalue weighted by Gasteiger charge is -2.40. The van der Waals surface area contributed by atoms with E-state index in [2.05, 4.69) is 4.90 Å². The average molecular weight is 451 g/mol. The zero-order chi connectivity index (χ0) is 23.4. The molecular weight excluding hydrogens is 423 g/mol. The first-order chi connectivity index (χ1) is 15.2. The number of rotatable bonds is 7. The van der Waals surface area contributed by atoms with Gasteiger partial charge in [-0.2, -0.15) is 13.2 Å². The van der Waals surface area contributed by atoms with Gasteiger partial charge in [0.1, 0.15) is 11.5 Å². The zero-order valence-corrected chi connectivity index (χ0v) is 18.2. The second kappa shape index (κ2) is 9.81. The number of likely N-dealkylation sites (tertiary alicyclic amines) is 1. The maximum Gasteiger partial charge on any atom is 0.416 e. The molecule has 0 aliphatic carbocycles. The van der Waals surface area contributed by atoms with Gasteiger partial charge in [-0.15, -0.1) is 0 Å². The second-order valence-electron chi connectivity index (χ2n) is 8.07. The number of benzene rings is 2. The van der Waals surface area contributed by atoms with Crippen molar-refractivity contribution in [3.8, 4) is 11.5 Å². The van der Waals surface area contributed by atoms with Crippen LogP contribution in [0.3, 0.4) is 0 Å². The van der Waals surface area contributed by atoms with Crippen LogP contribution in [0.2, 0.25) is 0 Å². The van der Waals surface area contributed by atoms with Crippen LogP contribution in [0.15, 0.2) is 42.5 Å². The van der Waals surface area contributed by atoms with Crippen LogP contribution in [0, 0.1) is 5.41 Å². The van der Waals surface area contributed by atoms with E-state index in [1.54, 1.807) is 31.2 Å². The van der Waals surface area contributed by atoms with Gasteiger partial charge < -0.3 is 14.6 Å². The Bertz CT molecular complexity index is 937. The SMILES string of the molecule is CCOC(=O)C1(Cc2ccccc2C(F)(F)F)CCN(Cc2c(O)cccc2OC)CC1. The number of hydrogen-bond acceptors (Lipinski definition) is 5. The van der Waals surface area contributed by atoms with Crippen LogP contribution >= 0.6 is 0 Å². The third-order valence-electron chi connectivity index (χ3n) is 6.08. The highest BCUT2D eigenvalue weighted by atomic mass is 19.4. The summed E-state index contributed by atoms with van der Waals surface area (Å²) in [6.07, 6.45) is -3.81. The molecule has 32 heavy (non-hydrogen) atoms. The minimum atomic E-state index is -4.49. The number of halogens is 3. The summed E-state index contributed by atoms with van der Waals surface area (Å²) < 4.78 is 51.2. The lowest BCUT2D eigenvalue weighted by Crippen LogP contribution is -2.46. The van der Waals surface area contributed by atoms with Crippen LogP contribution in [0.1, 0.15) is 36.5 Å². The van der Waals surface area contributed by atoms with Gasteiger partial charge in [-0.05, 0) is 63.0 Å². The number of alkyl halides is 3. The second-order valence-corrected chi connectivity index (χ2v) is 8.07. The highest BCUT2D eigenvalue weighted by Gasteiger charge is 2.45. The molecule has 0 bridgehead atoms. The Morgan fingerprint density at radius 2 is 1.81 bits per heavy atom. The van der Waals surface area contributed by atoms with Gasteiger partial charge in [0.05, 0.1) is 24.7 Å². The molecule has 0 spiro atoms. The normalized spacial score (nSPS) is 16.5. The molecule has 0 radical (unpaired) electrons. The number of hydrogen-bond donors (Lipinski definition) is 1. The molecule has 5 nitrogen and oxygen atoms in total. The van der Waals surface area contributed by atoms with Crippen molar-refractivity contribution < 1.29 is 32.5 Å². The minimum absolute atomic E-state index is 0.0325. The quantitative estimate of drug-likeness (QED) is 0.613. The third-order valence-corrected chi connectivity index (χ3v) is 6.08. The number of carbonyl (C=O) groups excluding carboxylic acids is 1. The standard InChI is InChI=1S/C24H28F3NO4/c1-3-32-22(30)23(15-17-7-4-5-8-19(17)24(25,26)27)11-13-28(14-12-23)16-18-20(29)9-6-10-21(18)31-2/h4-10,29H,3,11-16H2,1-2H3. The molecule has 8 heteroatoms. The van der Waals surface area contributed by atoms with Crippen molar-refractivity contribution >= 4 is 5.97 Å².